The van der Waals surface area contributed by atoms with Gasteiger partial charge in [0.1, 0.15) is 31.1 Å². The number of nitrogens with zero attached hydrogens (tertiary/aromatic N) is 5. The van der Waals surface area contributed by atoms with E-state index in [1.54, 1.807) is 42.6 Å². The van der Waals surface area contributed by atoms with Gasteiger partial charge in [0.15, 0.2) is 0 Å². The normalized spacial score (nSPS) is 12.3. The standard InChI is InChI=1S/C17H15FN6O2/c18-7-15(23-16(25)10-22-24-20)17(26)12-3-1-11(2-4-12)13-5-6-14(8-19)21-9-13/h1-6,9,15,17,26H,7,10H2,(H,23,25)/t15-,17-/m1/s1. The van der Waals surface area contributed by atoms with Crippen LogP contribution < -0.4 is 5.32 Å². The van der Waals surface area contributed by atoms with Crippen molar-refractivity contribution in [3.05, 3.63) is 64.3 Å². The molecule has 26 heavy (non-hydrogen) atoms. The van der Waals surface area contributed by atoms with Crippen LogP contribution in [0.15, 0.2) is 47.7 Å². The van der Waals surface area contributed by atoms with Gasteiger partial charge in [0.2, 0.25) is 5.91 Å². The number of amides is 1. The number of aliphatic hydroxyl groups excluding tert-OH is 1. The summed E-state index contributed by atoms with van der Waals surface area (Å²) in [6.45, 7) is -1.45. The number of carbonyl (C=O) groups excluding carboxylic acids is 1. The number of hydrogen-bond acceptors (Lipinski definition) is 5. The highest BCUT2D eigenvalue weighted by molar-refractivity contribution is 5.78. The highest BCUT2D eigenvalue weighted by atomic mass is 19.1. The van der Waals surface area contributed by atoms with E-state index in [0.29, 0.717) is 11.3 Å². The van der Waals surface area contributed by atoms with E-state index < -0.39 is 31.3 Å². The van der Waals surface area contributed by atoms with Crippen molar-refractivity contribution in [2.75, 3.05) is 13.2 Å². The van der Waals surface area contributed by atoms with Crippen LogP contribution >= 0.6 is 0 Å². The van der Waals surface area contributed by atoms with Crippen LogP contribution in [0, 0.1) is 11.3 Å². The molecule has 0 spiro atoms. The summed E-state index contributed by atoms with van der Waals surface area (Å²) < 4.78 is 13.2. The van der Waals surface area contributed by atoms with E-state index in [4.69, 9.17) is 10.8 Å². The number of alkyl halides is 1. The third-order valence-electron chi connectivity index (χ3n) is 3.63. The SMILES string of the molecule is N#Cc1ccc(-c2ccc([C@@H](O)[C@@H](CF)NC(=O)CN=[N+]=[N-])cc2)cn1. The van der Waals surface area contributed by atoms with Gasteiger partial charge in [-0.2, -0.15) is 5.26 Å². The summed E-state index contributed by atoms with van der Waals surface area (Å²) in [6, 6.07) is 10.8. The Kier molecular flexibility index (Phi) is 6.62. The molecule has 2 atom stereocenters. The minimum atomic E-state index is -1.26. The molecule has 0 fully saturated rings. The molecule has 0 aliphatic rings. The highest BCUT2D eigenvalue weighted by Gasteiger charge is 2.22. The smallest absolute Gasteiger partial charge is 0.226 e. The van der Waals surface area contributed by atoms with E-state index in [9.17, 15) is 14.3 Å². The topological polar surface area (TPSA) is 135 Å². The van der Waals surface area contributed by atoms with Crippen LogP contribution in [0.25, 0.3) is 21.6 Å². The lowest BCUT2D eigenvalue weighted by atomic mass is 9.99. The molecule has 0 unspecified atom stereocenters. The molecule has 8 nitrogen and oxygen atoms in total. The maximum atomic E-state index is 13.2. The fraction of sp³-hybridized carbons (Fsp3) is 0.235. The zero-order valence-corrected chi connectivity index (χ0v) is 13.6. The maximum Gasteiger partial charge on any atom is 0.226 e. The van der Waals surface area contributed by atoms with Crippen LogP contribution in [0.2, 0.25) is 0 Å². The molecule has 0 radical (unpaired) electrons. The van der Waals surface area contributed by atoms with Crippen LogP contribution in [0.3, 0.4) is 0 Å². The van der Waals surface area contributed by atoms with Crippen molar-refractivity contribution in [3.8, 4) is 17.2 Å². The van der Waals surface area contributed by atoms with E-state index in [2.05, 4.69) is 20.3 Å². The second-order valence-corrected chi connectivity index (χ2v) is 5.33. The molecular weight excluding hydrogens is 339 g/mol. The number of pyridine rings is 1. The molecule has 0 saturated heterocycles. The Labute approximate surface area is 148 Å². The lowest BCUT2D eigenvalue weighted by Crippen LogP contribution is -2.41. The molecule has 1 aromatic carbocycles. The minimum Gasteiger partial charge on any atom is -0.386 e. The molecular formula is C17H15FN6O2. The van der Waals surface area contributed by atoms with Crippen molar-refractivity contribution < 1.29 is 14.3 Å². The van der Waals surface area contributed by atoms with Crippen molar-refractivity contribution >= 4 is 5.91 Å². The predicted octanol–water partition coefficient (Wildman–Crippen LogP) is 2.42. The number of nitrogens with one attached hydrogen (secondary N) is 1. The molecule has 132 valence electrons. The molecule has 1 amide bonds. The molecule has 0 aliphatic carbocycles. The van der Waals surface area contributed by atoms with Gasteiger partial charge in [-0.05, 0) is 28.8 Å². The van der Waals surface area contributed by atoms with E-state index in [0.717, 1.165) is 11.1 Å². The van der Waals surface area contributed by atoms with Crippen molar-refractivity contribution in [2.45, 2.75) is 12.1 Å². The summed E-state index contributed by atoms with van der Waals surface area (Å²) in [5.41, 5.74) is 10.5. The molecule has 2 rings (SSSR count). The molecule has 1 heterocycles. The highest BCUT2D eigenvalue weighted by Crippen LogP contribution is 2.23. The first-order valence-corrected chi connectivity index (χ1v) is 7.59. The summed E-state index contributed by atoms with van der Waals surface area (Å²) in [5, 5.41) is 24.4. The number of rotatable bonds is 7. The third-order valence-corrected chi connectivity index (χ3v) is 3.63. The first kappa shape index (κ1) is 18.9. The third kappa shape index (κ3) is 4.77. The van der Waals surface area contributed by atoms with Gasteiger partial charge < -0.3 is 10.4 Å². The predicted molar refractivity (Wildman–Crippen MR) is 91.3 cm³/mol. The summed E-state index contributed by atoms with van der Waals surface area (Å²) in [4.78, 5) is 17.9. The number of hydrogen-bond donors (Lipinski definition) is 2. The number of carbonyl (C=O) groups is 1. The minimum absolute atomic E-state index is 0.308. The van der Waals surface area contributed by atoms with Gasteiger partial charge in [0.05, 0.1) is 6.04 Å². The van der Waals surface area contributed by atoms with Crippen molar-refractivity contribution in [1.29, 1.82) is 5.26 Å². The average Bonchev–Trinajstić information content (AvgIpc) is 2.70. The molecule has 0 aliphatic heterocycles. The Balaban J connectivity index is 2.10. The molecule has 2 N–H and O–H groups in total. The number of aromatic nitrogens is 1. The fourth-order valence-electron chi connectivity index (χ4n) is 2.29. The summed E-state index contributed by atoms with van der Waals surface area (Å²) in [5.74, 6) is -0.676. The Bertz CT molecular complexity index is 841. The molecule has 1 aromatic heterocycles. The number of azide groups is 1. The largest absolute Gasteiger partial charge is 0.386 e. The van der Waals surface area contributed by atoms with Crippen molar-refractivity contribution in [1.82, 2.24) is 10.3 Å². The van der Waals surface area contributed by atoms with Gasteiger partial charge in [-0.3, -0.25) is 4.79 Å². The Hall–Kier alpha value is -3.47. The molecule has 9 heteroatoms. The Morgan fingerprint density at radius 2 is 2.04 bits per heavy atom. The van der Waals surface area contributed by atoms with Crippen LogP contribution in [-0.2, 0) is 4.79 Å². The van der Waals surface area contributed by atoms with Crippen LogP contribution in [0.4, 0.5) is 4.39 Å². The maximum absolute atomic E-state index is 13.2. The van der Waals surface area contributed by atoms with E-state index >= 15 is 0 Å². The monoisotopic (exact) mass is 354 g/mol. The van der Waals surface area contributed by atoms with Gasteiger partial charge in [-0.1, -0.05) is 29.4 Å². The zero-order chi connectivity index (χ0) is 18.9. The van der Waals surface area contributed by atoms with Crippen LogP contribution in [0.5, 0.6) is 0 Å². The van der Waals surface area contributed by atoms with Gasteiger partial charge in [-0.25, -0.2) is 9.37 Å². The van der Waals surface area contributed by atoms with Crippen LogP contribution in [0.1, 0.15) is 17.4 Å². The summed E-state index contributed by atoms with van der Waals surface area (Å²) >= 11 is 0. The van der Waals surface area contributed by atoms with Crippen LogP contribution in [-0.4, -0.2) is 35.3 Å². The molecule has 0 saturated carbocycles. The first-order chi connectivity index (χ1) is 12.6. The van der Waals surface area contributed by atoms with Gasteiger partial charge in [-0.15, -0.1) is 0 Å². The molecule has 2 aromatic rings. The van der Waals surface area contributed by atoms with E-state index in [1.807, 2.05) is 6.07 Å². The number of benzene rings is 1. The average molecular weight is 354 g/mol. The Morgan fingerprint density at radius 1 is 1.35 bits per heavy atom. The Morgan fingerprint density at radius 3 is 2.58 bits per heavy atom. The molecule has 0 bridgehead atoms. The fourth-order valence-corrected chi connectivity index (χ4v) is 2.29. The van der Waals surface area contributed by atoms with Gasteiger partial charge in [0, 0.05) is 16.7 Å². The quantitative estimate of drug-likeness (QED) is 0.448. The second kappa shape index (κ2) is 9.13. The van der Waals surface area contributed by atoms with Gasteiger partial charge in [0.25, 0.3) is 0 Å². The van der Waals surface area contributed by atoms with Crippen molar-refractivity contribution in [2.24, 2.45) is 5.11 Å². The van der Waals surface area contributed by atoms with Crippen molar-refractivity contribution in [3.63, 3.8) is 0 Å². The van der Waals surface area contributed by atoms with E-state index in [1.165, 1.54) is 0 Å². The lowest BCUT2D eigenvalue weighted by molar-refractivity contribution is -0.121. The number of halogens is 1. The number of aliphatic hydroxyl groups is 1. The second-order valence-electron chi connectivity index (χ2n) is 5.33. The lowest BCUT2D eigenvalue weighted by Gasteiger charge is -2.21. The summed E-state index contributed by atoms with van der Waals surface area (Å²) in [7, 11) is 0. The number of nitriles is 1. The zero-order valence-electron chi connectivity index (χ0n) is 13.6. The van der Waals surface area contributed by atoms with E-state index in [-0.39, 0.29) is 0 Å². The first-order valence-electron chi connectivity index (χ1n) is 7.59. The summed E-state index contributed by atoms with van der Waals surface area (Å²) in [6.07, 6.45) is 0.299. The van der Waals surface area contributed by atoms with Gasteiger partial charge >= 0.3 is 0 Å².